The van der Waals surface area contributed by atoms with E-state index in [-0.39, 0.29) is 6.04 Å². The average Bonchev–Trinajstić information content (AvgIpc) is 2.72. The summed E-state index contributed by atoms with van der Waals surface area (Å²) in [6.07, 6.45) is 15.4. The summed E-state index contributed by atoms with van der Waals surface area (Å²) in [5, 5.41) is 3.37. The molecule has 1 aliphatic heterocycles. The molecule has 1 aliphatic rings. The lowest BCUT2D eigenvalue weighted by molar-refractivity contribution is 0.250. The van der Waals surface area contributed by atoms with Crippen LogP contribution in [0.4, 0.5) is 0 Å². The number of benzene rings is 1. The second-order valence-corrected chi connectivity index (χ2v) is 11.1. The van der Waals surface area contributed by atoms with Crippen molar-refractivity contribution in [2.75, 3.05) is 19.6 Å². The second-order valence-electron chi connectivity index (χ2n) is 8.25. The monoisotopic (exact) mass is 486 g/mol. The number of piperazine rings is 1. The summed E-state index contributed by atoms with van der Waals surface area (Å²) in [5.41, 5.74) is 0. The predicted octanol–water partition coefficient (Wildman–Crippen LogP) is 6.11. The Balaban J connectivity index is 1.69. The van der Waals surface area contributed by atoms with Gasteiger partial charge in [0.25, 0.3) is 0 Å². The minimum Gasteiger partial charge on any atom is -0.314 e. The first-order valence-corrected chi connectivity index (χ1v) is 13.8. The summed E-state index contributed by atoms with van der Waals surface area (Å²) in [6.45, 7) is 4.30. The Labute approximate surface area is 187 Å². The molecule has 1 unspecified atom stereocenters. The van der Waals surface area contributed by atoms with Crippen molar-refractivity contribution < 1.29 is 8.42 Å². The third kappa shape index (κ3) is 8.68. The first kappa shape index (κ1) is 24.8. The Morgan fingerprint density at radius 1 is 0.931 bits per heavy atom. The third-order valence-electron chi connectivity index (χ3n) is 5.86. The van der Waals surface area contributed by atoms with E-state index in [9.17, 15) is 8.42 Å². The van der Waals surface area contributed by atoms with Crippen LogP contribution < -0.4 is 5.32 Å². The highest BCUT2D eigenvalue weighted by Crippen LogP contribution is 2.24. The molecule has 0 spiro atoms. The third-order valence-corrected chi connectivity index (χ3v) is 8.35. The predicted molar refractivity (Wildman–Crippen MR) is 126 cm³/mol. The number of halogens is 1. The Kier molecular flexibility index (Phi) is 11.8. The number of hydrogen-bond acceptors (Lipinski definition) is 3. The molecule has 166 valence electrons. The topological polar surface area (TPSA) is 49.4 Å². The first-order valence-electron chi connectivity index (χ1n) is 11.5. The van der Waals surface area contributed by atoms with Crippen LogP contribution in [0, 0.1) is 0 Å². The molecule has 1 heterocycles. The zero-order valence-corrected chi connectivity index (χ0v) is 20.4. The van der Waals surface area contributed by atoms with E-state index in [2.05, 4.69) is 28.2 Å². The van der Waals surface area contributed by atoms with Crippen LogP contribution in [-0.2, 0) is 10.0 Å². The van der Waals surface area contributed by atoms with E-state index in [4.69, 9.17) is 0 Å². The van der Waals surface area contributed by atoms with Crippen molar-refractivity contribution in [3.8, 4) is 0 Å². The Morgan fingerprint density at radius 3 is 2.07 bits per heavy atom. The van der Waals surface area contributed by atoms with Crippen molar-refractivity contribution in [1.29, 1.82) is 0 Å². The fourth-order valence-corrected chi connectivity index (χ4v) is 6.01. The molecule has 0 radical (unpaired) electrons. The van der Waals surface area contributed by atoms with Gasteiger partial charge in [0.05, 0.1) is 4.90 Å². The molecular formula is C23H39BrN2O2S. The minimum atomic E-state index is -3.42. The van der Waals surface area contributed by atoms with Gasteiger partial charge in [-0.3, -0.25) is 0 Å². The maximum atomic E-state index is 13.1. The number of hydrogen-bond donors (Lipinski definition) is 1. The zero-order valence-electron chi connectivity index (χ0n) is 18.0. The van der Waals surface area contributed by atoms with Crippen LogP contribution in [-0.4, -0.2) is 38.4 Å². The maximum Gasteiger partial charge on any atom is 0.243 e. The molecule has 0 amide bonds. The molecule has 6 heteroatoms. The van der Waals surface area contributed by atoms with Gasteiger partial charge in [-0.1, -0.05) is 93.5 Å². The van der Waals surface area contributed by atoms with E-state index in [1.807, 2.05) is 0 Å². The molecular weight excluding hydrogens is 448 g/mol. The highest BCUT2D eigenvalue weighted by Gasteiger charge is 2.32. The van der Waals surface area contributed by atoms with Gasteiger partial charge in [-0.25, -0.2) is 8.42 Å². The number of nitrogens with one attached hydrogen (secondary N) is 1. The lowest BCUT2D eigenvalue weighted by Gasteiger charge is -2.35. The van der Waals surface area contributed by atoms with E-state index in [1.165, 1.54) is 64.2 Å². The Hall–Kier alpha value is -0.430. The Morgan fingerprint density at radius 2 is 1.48 bits per heavy atom. The summed E-state index contributed by atoms with van der Waals surface area (Å²) in [4.78, 5) is 0.395. The van der Waals surface area contributed by atoms with Crippen LogP contribution >= 0.6 is 15.9 Å². The fraction of sp³-hybridized carbons (Fsp3) is 0.739. The minimum absolute atomic E-state index is 0.0657. The van der Waals surface area contributed by atoms with Crippen LogP contribution in [0.3, 0.4) is 0 Å². The molecule has 0 aromatic heterocycles. The standard InChI is InChI=1S/C23H39BrN2O2S/c1-2-3-4-5-6-7-8-9-10-11-12-13-22-20-25-18-19-26(22)29(27,28)23-16-14-21(24)15-17-23/h14-17,22,25H,2-13,18-20H2,1H3. The van der Waals surface area contributed by atoms with Crippen molar-refractivity contribution in [2.24, 2.45) is 0 Å². The van der Waals surface area contributed by atoms with Crippen LogP contribution in [0.5, 0.6) is 0 Å². The van der Waals surface area contributed by atoms with Gasteiger partial charge in [-0.05, 0) is 30.7 Å². The summed E-state index contributed by atoms with van der Waals surface area (Å²) in [5.74, 6) is 0. The number of unbranched alkanes of at least 4 members (excludes halogenated alkanes) is 10. The number of nitrogens with zero attached hydrogens (tertiary/aromatic N) is 1. The summed E-state index contributed by atoms with van der Waals surface area (Å²) >= 11 is 3.38. The molecule has 0 saturated carbocycles. The largest absolute Gasteiger partial charge is 0.314 e. The highest BCUT2D eigenvalue weighted by molar-refractivity contribution is 9.10. The molecule has 1 aromatic rings. The quantitative estimate of drug-likeness (QED) is 0.322. The molecule has 1 saturated heterocycles. The van der Waals surface area contributed by atoms with E-state index < -0.39 is 10.0 Å². The molecule has 4 nitrogen and oxygen atoms in total. The molecule has 29 heavy (non-hydrogen) atoms. The van der Waals surface area contributed by atoms with Crippen LogP contribution in [0.15, 0.2) is 33.6 Å². The molecule has 1 aromatic carbocycles. The Bertz CT molecular complexity index is 664. The van der Waals surface area contributed by atoms with Gasteiger partial charge in [0.2, 0.25) is 10.0 Å². The molecule has 1 atom stereocenters. The molecule has 1 fully saturated rings. The summed E-state index contributed by atoms with van der Waals surface area (Å²) < 4.78 is 28.8. The smallest absolute Gasteiger partial charge is 0.243 e. The number of rotatable bonds is 14. The normalized spacial score (nSPS) is 18.2. The highest BCUT2D eigenvalue weighted by atomic mass is 79.9. The van der Waals surface area contributed by atoms with Crippen LogP contribution in [0.2, 0.25) is 0 Å². The second kappa shape index (κ2) is 13.8. The molecule has 2 rings (SSSR count). The van der Waals surface area contributed by atoms with E-state index in [1.54, 1.807) is 28.6 Å². The van der Waals surface area contributed by atoms with Gasteiger partial charge in [-0.2, -0.15) is 4.31 Å². The van der Waals surface area contributed by atoms with Gasteiger partial charge in [0.1, 0.15) is 0 Å². The van der Waals surface area contributed by atoms with Crippen molar-refractivity contribution in [1.82, 2.24) is 9.62 Å². The lowest BCUT2D eigenvalue weighted by atomic mass is 10.0. The van der Waals surface area contributed by atoms with Crippen molar-refractivity contribution in [3.05, 3.63) is 28.7 Å². The van der Waals surface area contributed by atoms with Crippen LogP contribution in [0.1, 0.15) is 84.0 Å². The van der Waals surface area contributed by atoms with Gasteiger partial charge in [0.15, 0.2) is 0 Å². The zero-order chi connectivity index (χ0) is 21.0. The number of sulfonamides is 1. The first-order chi connectivity index (χ1) is 14.1. The van der Waals surface area contributed by atoms with Gasteiger partial charge < -0.3 is 5.32 Å². The van der Waals surface area contributed by atoms with Crippen molar-refractivity contribution in [2.45, 2.75) is 94.9 Å². The maximum absolute atomic E-state index is 13.1. The molecule has 0 aliphatic carbocycles. The summed E-state index contributed by atoms with van der Waals surface area (Å²) in [7, 11) is -3.42. The summed E-state index contributed by atoms with van der Waals surface area (Å²) in [6, 6.07) is 7.06. The van der Waals surface area contributed by atoms with Crippen LogP contribution in [0.25, 0.3) is 0 Å². The van der Waals surface area contributed by atoms with E-state index >= 15 is 0 Å². The van der Waals surface area contributed by atoms with E-state index in [0.29, 0.717) is 11.4 Å². The lowest BCUT2D eigenvalue weighted by Crippen LogP contribution is -2.53. The van der Waals surface area contributed by atoms with Gasteiger partial charge >= 0.3 is 0 Å². The molecule has 0 bridgehead atoms. The van der Waals surface area contributed by atoms with Gasteiger partial charge in [0, 0.05) is 30.1 Å². The SMILES string of the molecule is CCCCCCCCCCCCCC1CNCCN1S(=O)(=O)c1ccc(Br)cc1. The van der Waals surface area contributed by atoms with E-state index in [0.717, 1.165) is 30.4 Å². The average molecular weight is 488 g/mol. The van der Waals surface area contributed by atoms with Crippen molar-refractivity contribution in [3.63, 3.8) is 0 Å². The fourth-order valence-electron chi connectivity index (χ4n) is 4.09. The van der Waals surface area contributed by atoms with Crippen molar-refractivity contribution >= 4 is 26.0 Å². The molecule has 1 N–H and O–H groups in total. The van der Waals surface area contributed by atoms with Gasteiger partial charge in [-0.15, -0.1) is 0 Å².